The van der Waals surface area contributed by atoms with Crippen molar-refractivity contribution in [2.45, 2.75) is 45.6 Å². The SMILES string of the molecule is CCOc1ccc(C(=O)NCC(=O)OCC(=O)NC2CCC(C)CC2)cc1. The largest absolute Gasteiger partial charge is 0.494 e. The number of amides is 2. The number of esters is 1. The van der Waals surface area contributed by atoms with E-state index in [4.69, 9.17) is 9.47 Å². The molecular weight excluding hydrogens is 348 g/mol. The molecule has 1 aliphatic carbocycles. The highest BCUT2D eigenvalue weighted by Crippen LogP contribution is 2.23. The van der Waals surface area contributed by atoms with Gasteiger partial charge in [-0.2, -0.15) is 0 Å². The molecule has 7 heteroatoms. The van der Waals surface area contributed by atoms with E-state index in [9.17, 15) is 14.4 Å². The second-order valence-corrected chi connectivity index (χ2v) is 6.83. The Morgan fingerprint density at radius 1 is 1.07 bits per heavy atom. The first-order valence-corrected chi connectivity index (χ1v) is 9.44. The molecule has 0 saturated heterocycles. The van der Waals surface area contributed by atoms with Gasteiger partial charge in [0.25, 0.3) is 11.8 Å². The van der Waals surface area contributed by atoms with Crippen molar-refractivity contribution < 1.29 is 23.9 Å². The van der Waals surface area contributed by atoms with Crippen LogP contribution < -0.4 is 15.4 Å². The van der Waals surface area contributed by atoms with E-state index in [2.05, 4.69) is 17.6 Å². The van der Waals surface area contributed by atoms with Crippen LogP contribution in [0.1, 0.15) is 49.9 Å². The van der Waals surface area contributed by atoms with Crippen LogP contribution in [0, 0.1) is 5.92 Å². The lowest BCUT2D eigenvalue weighted by Gasteiger charge is -2.26. The molecule has 0 aromatic heterocycles. The van der Waals surface area contributed by atoms with Crippen molar-refractivity contribution in [3.05, 3.63) is 29.8 Å². The summed E-state index contributed by atoms with van der Waals surface area (Å²) in [5.74, 6) is 0.0279. The van der Waals surface area contributed by atoms with Gasteiger partial charge < -0.3 is 20.1 Å². The highest BCUT2D eigenvalue weighted by Gasteiger charge is 2.20. The van der Waals surface area contributed by atoms with Crippen LogP contribution in [0.4, 0.5) is 0 Å². The monoisotopic (exact) mass is 376 g/mol. The Morgan fingerprint density at radius 3 is 2.37 bits per heavy atom. The van der Waals surface area contributed by atoms with Gasteiger partial charge in [-0.25, -0.2) is 0 Å². The first-order chi connectivity index (χ1) is 13.0. The van der Waals surface area contributed by atoms with Crippen molar-refractivity contribution in [3.8, 4) is 5.75 Å². The average Bonchev–Trinajstić information content (AvgIpc) is 2.67. The normalized spacial score (nSPS) is 19.0. The van der Waals surface area contributed by atoms with Gasteiger partial charge in [-0.05, 0) is 62.8 Å². The number of rotatable bonds is 8. The van der Waals surface area contributed by atoms with Crippen LogP contribution in [0.25, 0.3) is 0 Å². The van der Waals surface area contributed by atoms with E-state index in [1.807, 2.05) is 6.92 Å². The van der Waals surface area contributed by atoms with Gasteiger partial charge in [0.05, 0.1) is 6.61 Å². The summed E-state index contributed by atoms with van der Waals surface area (Å²) in [4.78, 5) is 35.6. The van der Waals surface area contributed by atoms with E-state index < -0.39 is 11.9 Å². The Morgan fingerprint density at radius 2 is 1.74 bits per heavy atom. The average molecular weight is 376 g/mol. The smallest absolute Gasteiger partial charge is 0.325 e. The fourth-order valence-corrected chi connectivity index (χ4v) is 2.99. The molecule has 0 unspecified atom stereocenters. The number of hydrogen-bond acceptors (Lipinski definition) is 5. The van der Waals surface area contributed by atoms with Crippen molar-refractivity contribution in [2.24, 2.45) is 5.92 Å². The van der Waals surface area contributed by atoms with E-state index in [0.29, 0.717) is 23.8 Å². The summed E-state index contributed by atoms with van der Waals surface area (Å²) < 4.78 is 10.2. The lowest BCUT2D eigenvalue weighted by Crippen LogP contribution is -2.40. The lowest BCUT2D eigenvalue weighted by atomic mass is 9.87. The molecular formula is C20H28N2O5. The van der Waals surface area contributed by atoms with Crippen LogP contribution in [0.2, 0.25) is 0 Å². The molecule has 2 N–H and O–H groups in total. The van der Waals surface area contributed by atoms with Gasteiger partial charge in [0, 0.05) is 11.6 Å². The maximum atomic E-state index is 12.0. The number of benzene rings is 1. The third-order valence-electron chi connectivity index (χ3n) is 4.57. The Balaban J connectivity index is 1.65. The maximum Gasteiger partial charge on any atom is 0.325 e. The number of carbonyl (C=O) groups is 3. The zero-order valence-corrected chi connectivity index (χ0v) is 16.0. The van der Waals surface area contributed by atoms with Crippen molar-refractivity contribution in [3.63, 3.8) is 0 Å². The van der Waals surface area contributed by atoms with Crippen LogP contribution in [-0.2, 0) is 14.3 Å². The number of nitrogens with one attached hydrogen (secondary N) is 2. The summed E-state index contributed by atoms with van der Waals surface area (Å²) in [6.45, 7) is 4.01. The molecule has 1 aliphatic rings. The van der Waals surface area contributed by atoms with Crippen LogP contribution in [-0.4, -0.2) is 43.6 Å². The van der Waals surface area contributed by atoms with Gasteiger partial charge >= 0.3 is 5.97 Å². The molecule has 1 aromatic rings. The zero-order valence-electron chi connectivity index (χ0n) is 16.0. The minimum Gasteiger partial charge on any atom is -0.494 e. The second-order valence-electron chi connectivity index (χ2n) is 6.83. The third-order valence-corrected chi connectivity index (χ3v) is 4.57. The molecule has 148 valence electrons. The van der Waals surface area contributed by atoms with E-state index in [0.717, 1.165) is 25.7 Å². The molecule has 0 aliphatic heterocycles. The minimum absolute atomic E-state index is 0.159. The molecule has 2 amide bonds. The van der Waals surface area contributed by atoms with Gasteiger partial charge in [-0.1, -0.05) is 6.92 Å². The van der Waals surface area contributed by atoms with E-state index in [1.54, 1.807) is 24.3 Å². The summed E-state index contributed by atoms with van der Waals surface area (Å²) in [6, 6.07) is 6.76. The molecule has 0 heterocycles. The maximum absolute atomic E-state index is 12.0. The van der Waals surface area contributed by atoms with E-state index in [-0.39, 0.29) is 25.1 Å². The van der Waals surface area contributed by atoms with E-state index >= 15 is 0 Å². The standard InChI is InChI=1S/C20H28N2O5/c1-3-26-17-10-6-15(7-11-17)20(25)21-12-19(24)27-13-18(23)22-16-8-4-14(2)5-9-16/h6-7,10-11,14,16H,3-5,8-9,12-13H2,1-2H3,(H,21,25)(H,22,23). The fourth-order valence-electron chi connectivity index (χ4n) is 2.99. The van der Waals surface area contributed by atoms with Gasteiger partial charge in [-0.3, -0.25) is 14.4 Å². The predicted molar refractivity (Wildman–Crippen MR) is 100 cm³/mol. The zero-order chi connectivity index (χ0) is 19.6. The van der Waals surface area contributed by atoms with Crippen molar-refractivity contribution in [2.75, 3.05) is 19.8 Å². The molecule has 1 fully saturated rings. The van der Waals surface area contributed by atoms with Crippen LogP contribution in [0.3, 0.4) is 0 Å². The molecule has 2 rings (SSSR count). The Bertz CT molecular complexity index is 636. The van der Waals surface area contributed by atoms with Crippen molar-refractivity contribution in [1.82, 2.24) is 10.6 Å². The van der Waals surface area contributed by atoms with Crippen LogP contribution in [0.5, 0.6) is 5.75 Å². The fraction of sp³-hybridized carbons (Fsp3) is 0.550. The molecule has 0 atom stereocenters. The topological polar surface area (TPSA) is 93.7 Å². The van der Waals surface area contributed by atoms with Gasteiger partial charge in [0.1, 0.15) is 12.3 Å². The molecule has 1 saturated carbocycles. The second kappa shape index (κ2) is 10.5. The molecule has 1 aromatic carbocycles. The summed E-state index contributed by atoms with van der Waals surface area (Å²) in [7, 11) is 0. The third kappa shape index (κ3) is 7.29. The minimum atomic E-state index is -0.651. The first kappa shape index (κ1) is 20.7. The predicted octanol–water partition coefficient (Wildman–Crippen LogP) is 2.05. The highest BCUT2D eigenvalue weighted by molar-refractivity contribution is 5.96. The Labute approximate surface area is 159 Å². The quantitative estimate of drug-likeness (QED) is 0.678. The van der Waals surface area contributed by atoms with Crippen molar-refractivity contribution in [1.29, 1.82) is 0 Å². The van der Waals surface area contributed by atoms with Gasteiger partial charge in [0.15, 0.2) is 6.61 Å². The molecule has 0 spiro atoms. The molecule has 27 heavy (non-hydrogen) atoms. The van der Waals surface area contributed by atoms with Crippen molar-refractivity contribution >= 4 is 17.8 Å². The summed E-state index contributed by atoms with van der Waals surface area (Å²) in [5.41, 5.74) is 0.413. The molecule has 0 radical (unpaired) electrons. The molecule has 0 bridgehead atoms. The number of hydrogen-bond donors (Lipinski definition) is 2. The van der Waals surface area contributed by atoms with Gasteiger partial charge in [-0.15, -0.1) is 0 Å². The Hall–Kier alpha value is -2.57. The highest BCUT2D eigenvalue weighted by atomic mass is 16.5. The summed E-state index contributed by atoms with van der Waals surface area (Å²) in [6.07, 6.45) is 4.11. The number of carbonyl (C=O) groups excluding carboxylic acids is 3. The Kier molecular flexibility index (Phi) is 8.10. The lowest BCUT2D eigenvalue weighted by molar-refractivity contribution is -0.147. The summed E-state index contributed by atoms with van der Waals surface area (Å²) >= 11 is 0. The van der Waals surface area contributed by atoms with Crippen LogP contribution >= 0.6 is 0 Å². The number of ether oxygens (including phenoxy) is 2. The van der Waals surface area contributed by atoms with E-state index in [1.165, 1.54) is 0 Å². The molecule has 7 nitrogen and oxygen atoms in total. The van der Waals surface area contributed by atoms with Crippen LogP contribution in [0.15, 0.2) is 24.3 Å². The van der Waals surface area contributed by atoms with Gasteiger partial charge in [0.2, 0.25) is 0 Å². The summed E-state index contributed by atoms with van der Waals surface area (Å²) in [5, 5.41) is 5.36. The first-order valence-electron chi connectivity index (χ1n) is 9.44.